The van der Waals surface area contributed by atoms with Gasteiger partial charge in [0, 0.05) is 10.9 Å². The number of carbonyl (C=O) groups excluding carboxylic acids is 3. The van der Waals surface area contributed by atoms with Crippen LogP contribution in [0.3, 0.4) is 0 Å². The van der Waals surface area contributed by atoms with Gasteiger partial charge in [0.2, 0.25) is 0 Å². The predicted molar refractivity (Wildman–Crippen MR) is 102 cm³/mol. The molecular weight excluding hydrogens is 384 g/mol. The minimum absolute atomic E-state index is 0.0641. The van der Waals surface area contributed by atoms with Crippen molar-refractivity contribution in [2.75, 3.05) is 18.5 Å². The molecule has 140 valence electrons. The summed E-state index contributed by atoms with van der Waals surface area (Å²) in [5.41, 5.74) is 1.66. The van der Waals surface area contributed by atoms with Gasteiger partial charge in [-0.3, -0.25) is 9.59 Å². The van der Waals surface area contributed by atoms with Crippen LogP contribution >= 0.6 is 11.6 Å². The van der Waals surface area contributed by atoms with Crippen LogP contribution in [0.2, 0.25) is 5.15 Å². The maximum absolute atomic E-state index is 12.3. The molecule has 1 aliphatic heterocycles. The van der Waals surface area contributed by atoms with Crippen LogP contribution in [0.1, 0.15) is 20.7 Å². The Morgan fingerprint density at radius 1 is 1.11 bits per heavy atom. The lowest BCUT2D eigenvalue weighted by atomic mass is 10.1. The fraction of sp³-hybridized carbons (Fsp3) is 0.100. The molecule has 0 aliphatic carbocycles. The molecule has 0 fully saturated rings. The van der Waals surface area contributed by atoms with Crippen molar-refractivity contribution >= 4 is 45.9 Å². The largest absolute Gasteiger partial charge is 0.482 e. The number of anilines is 1. The van der Waals surface area contributed by atoms with Gasteiger partial charge in [0.15, 0.2) is 19.0 Å². The first-order valence-corrected chi connectivity index (χ1v) is 8.71. The van der Waals surface area contributed by atoms with E-state index in [4.69, 9.17) is 21.1 Å². The summed E-state index contributed by atoms with van der Waals surface area (Å²) in [6.07, 6.45) is 0. The number of fused-ring (bicyclic) bond motifs is 2. The van der Waals surface area contributed by atoms with Crippen molar-refractivity contribution in [1.29, 1.82) is 0 Å². The van der Waals surface area contributed by atoms with E-state index < -0.39 is 18.4 Å². The van der Waals surface area contributed by atoms with Gasteiger partial charge >= 0.3 is 5.97 Å². The van der Waals surface area contributed by atoms with Crippen molar-refractivity contribution in [3.05, 3.63) is 64.8 Å². The minimum Gasteiger partial charge on any atom is -0.482 e. The number of ketones is 1. The fourth-order valence-electron chi connectivity index (χ4n) is 2.78. The second-order valence-corrected chi connectivity index (χ2v) is 6.48. The predicted octanol–water partition coefficient (Wildman–Crippen LogP) is 3.26. The van der Waals surface area contributed by atoms with Crippen molar-refractivity contribution in [2.24, 2.45) is 0 Å². The van der Waals surface area contributed by atoms with Crippen LogP contribution in [0.4, 0.5) is 5.69 Å². The van der Waals surface area contributed by atoms with Crippen molar-refractivity contribution < 1.29 is 23.9 Å². The molecule has 7 nitrogen and oxygen atoms in total. The number of halogens is 1. The number of amides is 1. The van der Waals surface area contributed by atoms with Gasteiger partial charge in [0.1, 0.15) is 10.9 Å². The Hall–Kier alpha value is -3.45. The highest BCUT2D eigenvalue weighted by atomic mass is 35.5. The van der Waals surface area contributed by atoms with Gasteiger partial charge in [-0.25, -0.2) is 9.78 Å². The monoisotopic (exact) mass is 396 g/mol. The summed E-state index contributed by atoms with van der Waals surface area (Å²) in [5.74, 6) is -0.835. The number of aromatic nitrogens is 1. The lowest BCUT2D eigenvalue weighted by Crippen LogP contribution is -2.25. The Kier molecular flexibility index (Phi) is 4.67. The van der Waals surface area contributed by atoms with Crippen LogP contribution in [0.5, 0.6) is 5.75 Å². The highest BCUT2D eigenvalue weighted by Gasteiger charge is 2.19. The molecule has 8 heteroatoms. The Morgan fingerprint density at radius 3 is 2.79 bits per heavy atom. The Morgan fingerprint density at radius 2 is 1.93 bits per heavy atom. The molecule has 4 rings (SSSR count). The Balaban J connectivity index is 1.44. The van der Waals surface area contributed by atoms with E-state index in [0.29, 0.717) is 33.2 Å². The van der Waals surface area contributed by atoms with Crippen LogP contribution in [0, 0.1) is 0 Å². The molecule has 2 aromatic carbocycles. The molecule has 0 bridgehead atoms. The Bertz CT molecular complexity index is 1130. The van der Waals surface area contributed by atoms with E-state index in [9.17, 15) is 14.4 Å². The van der Waals surface area contributed by atoms with Gasteiger partial charge in [-0.15, -0.1) is 0 Å². The van der Waals surface area contributed by atoms with Crippen molar-refractivity contribution in [3.63, 3.8) is 0 Å². The molecular formula is C20H13ClN2O5. The zero-order valence-corrected chi connectivity index (χ0v) is 15.2. The molecule has 2 heterocycles. The van der Waals surface area contributed by atoms with Crippen molar-refractivity contribution in [1.82, 2.24) is 4.98 Å². The number of carbonyl (C=O) groups is 3. The highest BCUT2D eigenvalue weighted by molar-refractivity contribution is 6.29. The average molecular weight is 397 g/mol. The normalized spacial score (nSPS) is 12.7. The van der Waals surface area contributed by atoms with E-state index in [-0.39, 0.29) is 12.5 Å². The summed E-state index contributed by atoms with van der Waals surface area (Å²) in [4.78, 5) is 40.1. The van der Waals surface area contributed by atoms with E-state index >= 15 is 0 Å². The summed E-state index contributed by atoms with van der Waals surface area (Å²) in [6, 6.07) is 12.8. The SMILES string of the molecule is O=C1COc2ccc(C(=O)COC(=O)c3ccc4nc(Cl)ccc4c3)cc2N1. The number of nitrogens with zero attached hydrogens (tertiary/aromatic N) is 1. The third-order valence-electron chi connectivity index (χ3n) is 4.16. The van der Waals surface area contributed by atoms with Gasteiger partial charge in [-0.1, -0.05) is 11.6 Å². The minimum atomic E-state index is -0.625. The number of benzene rings is 2. The van der Waals surface area contributed by atoms with Crippen LogP contribution < -0.4 is 10.1 Å². The zero-order valence-electron chi connectivity index (χ0n) is 14.4. The molecule has 0 saturated heterocycles. The van der Waals surface area contributed by atoms with Gasteiger partial charge in [-0.05, 0) is 48.5 Å². The highest BCUT2D eigenvalue weighted by Crippen LogP contribution is 2.28. The number of esters is 1. The molecule has 3 aromatic rings. The number of rotatable bonds is 4. The summed E-state index contributed by atoms with van der Waals surface area (Å²) in [5, 5.41) is 3.72. The topological polar surface area (TPSA) is 94.6 Å². The average Bonchev–Trinajstić information content (AvgIpc) is 2.70. The van der Waals surface area contributed by atoms with Crippen LogP contribution in [0.25, 0.3) is 10.9 Å². The lowest BCUT2D eigenvalue weighted by Gasteiger charge is -2.18. The fourth-order valence-corrected chi connectivity index (χ4v) is 2.94. The van der Waals surface area contributed by atoms with E-state index in [0.717, 1.165) is 5.39 Å². The summed E-state index contributed by atoms with van der Waals surface area (Å²) in [6.45, 7) is -0.491. The van der Waals surface area contributed by atoms with Crippen molar-refractivity contribution in [3.8, 4) is 5.75 Å². The second kappa shape index (κ2) is 7.28. The van der Waals surface area contributed by atoms with E-state index in [1.54, 1.807) is 42.5 Å². The van der Waals surface area contributed by atoms with Crippen molar-refractivity contribution in [2.45, 2.75) is 0 Å². The first-order chi connectivity index (χ1) is 13.5. The van der Waals surface area contributed by atoms with Gasteiger partial charge in [0.25, 0.3) is 5.91 Å². The quantitative estimate of drug-likeness (QED) is 0.413. The van der Waals surface area contributed by atoms with Gasteiger partial charge in [0.05, 0.1) is 16.8 Å². The lowest BCUT2D eigenvalue weighted by molar-refractivity contribution is -0.118. The molecule has 0 saturated carbocycles. The third kappa shape index (κ3) is 3.65. The first-order valence-electron chi connectivity index (χ1n) is 8.33. The molecule has 1 aliphatic rings. The summed E-state index contributed by atoms with van der Waals surface area (Å²) in [7, 11) is 0. The molecule has 1 aromatic heterocycles. The van der Waals surface area contributed by atoms with Crippen LogP contribution in [0.15, 0.2) is 48.5 Å². The number of hydrogen-bond acceptors (Lipinski definition) is 6. The van der Waals surface area contributed by atoms with E-state index in [1.807, 2.05) is 0 Å². The smallest absolute Gasteiger partial charge is 0.338 e. The molecule has 0 radical (unpaired) electrons. The second-order valence-electron chi connectivity index (χ2n) is 6.09. The maximum Gasteiger partial charge on any atom is 0.338 e. The number of pyridine rings is 1. The molecule has 28 heavy (non-hydrogen) atoms. The number of Topliss-reactive ketones (excluding diaryl/α,β-unsaturated/α-hetero) is 1. The van der Waals surface area contributed by atoms with Gasteiger partial charge in [-0.2, -0.15) is 0 Å². The summed E-state index contributed by atoms with van der Waals surface area (Å²) < 4.78 is 10.4. The summed E-state index contributed by atoms with van der Waals surface area (Å²) >= 11 is 5.84. The molecule has 0 unspecified atom stereocenters. The standard InChI is InChI=1S/C20H13ClN2O5/c21-18-6-3-11-7-13(1-4-14(11)22-18)20(26)28-9-16(24)12-2-5-17-15(8-12)23-19(25)10-27-17/h1-8H,9-10H2,(H,23,25). The molecule has 0 spiro atoms. The van der Waals surface area contributed by atoms with E-state index in [1.165, 1.54) is 6.07 Å². The van der Waals surface area contributed by atoms with Crippen LogP contribution in [-0.4, -0.2) is 35.9 Å². The third-order valence-corrected chi connectivity index (χ3v) is 4.37. The van der Waals surface area contributed by atoms with Gasteiger partial charge < -0.3 is 14.8 Å². The Labute approximate surface area is 164 Å². The molecule has 1 amide bonds. The number of hydrogen-bond donors (Lipinski definition) is 1. The van der Waals surface area contributed by atoms with Crippen LogP contribution in [-0.2, 0) is 9.53 Å². The number of nitrogens with one attached hydrogen (secondary N) is 1. The molecule has 0 atom stereocenters. The zero-order chi connectivity index (χ0) is 19.7. The maximum atomic E-state index is 12.3. The molecule has 1 N–H and O–H groups in total. The number of ether oxygens (including phenoxy) is 2. The first kappa shape index (κ1) is 17.9. The van der Waals surface area contributed by atoms with E-state index in [2.05, 4.69) is 10.3 Å².